The first-order valence-electron chi connectivity index (χ1n) is 18.8. The fourth-order valence-corrected chi connectivity index (χ4v) is 8.13. The standard InChI is InChI=1S/C34H53N9O15S2/c1-15(2)9-20-33(56)43-8-4-5-22(43)31(54)41-21(34(57)58)14-60-59-13-17(35)28(51)42-27(16(3)44)32(55)39-18(6-7-25(47)48)30(53)40-19(10-26(49)50)29(52)37-11-23(45)36-12-24(46)38-20/h15-22,27,44H,4-14,35H2,1-3H3,(H,36,45)(H,37,52)(H,38,46)(H,39,55)(H,40,53)(H,41,54)(H,42,51)(H,47,48)(H,49,50)(H,57,58)/t16-,17+,18+,19+,20+,21+,22+,27+/m1/s1. The van der Waals surface area contributed by atoms with Gasteiger partial charge in [0.05, 0.1) is 31.7 Å². The molecule has 0 radical (unpaired) electrons. The fraction of sp³-hybridized carbons (Fsp3) is 0.676. The Labute approximate surface area is 351 Å². The van der Waals surface area contributed by atoms with Gasteiger partial charge in [-0.05, 0) is 38.5 Å². The molecule has 60 heavy (non-hydrogen) atoms. The Morgan fingerprint density at radius 1 is 0.733 bits per heavy atom. The van der Waals surface area contributed by atoms with E-state index in [1.807, 2.05) is 0 Å². The summed E-state index contributed by atoms with van der Waals surface area (Å²) < 4.78 is 0. The molecule has 8 atom stereocenters. The number of carbonyl (C=O) groups is 11. The van der Waals surface area contributed by atoms with Crippen LogP contribution in [0.2, 0.25) is 0 Å². The number of carbonyl (C=O) groups excluding carboxylic acids is 8. The molecule has 0 spiro atoms. The number of hydrogen-bond acceptors (Lipinski definition) is 15. The normalized spacial score (nSPS) is 27.2. The van der Waals surface area contributed by atoms with Crippen molar-refractivity contribution >= 4 is 86.8 Å². The minimum absolute atomic E-state index is 0.127. The second kappa shape index (κ2) is 24.8. The molecule has 2 rings (SSSR count). The Hall–Kier alpha value is -5.21. The second-order valence-electron chi connectivity index (χ2n) is 14.4. The molecule has 0 aromatic heterocycles. The molecule has 2 fully saturated rings. The molecule has 13 N–H and O–H groups in total. The van der Waals surface area contributed by atoms with E-state index in [1.54, 1.807) is 13.8 Å². The van der Waals surface area contributed by atoms with Gasteiger partial charge in [0.25, 0.3) is 0 Å². The first-order valence-corrected chi connectivity index (χ1v) is 21.3. The quantitative estimate of drug-likeness (QED) is 0.0967. The summed E-state index contributed by atoms with van der Waals surface area (Å²) in [5.41, 5.74) is 5.99. The van der Waals surface area contributed by atoms with Gasteiger partial charge >= 0.3 is 17.9 Å². The summed E-state index contributed by atoms with van der Waals surface area (Å²) in [5, 5.41) is 54.6. The summed E-state index contributed by atoms with van der Waals surface area (Å²) >= 11 is 0. The molecule has 26 heteroatoms. The van der Waals surface area contributed by atoms with Crippen molar-refractivity contribution in [2.24, 2.45) is 11.7 Å². The zero-order chi connectivity index (χ0) is 45.3. The molecule has 2 aliphatic heterocycles. The number of aliphatic hydroxyl groups is 1. The Kier molecular flexibility index (Phi) is 21.0. The highest BCUT2D eigenvalue weighted by atomic mass is 33.1. The number of aliphatic carboxylic acids is 3. The lowest BCUT2D eigenvalue weighted by Crippen LogP contribution is -2.60. The third kappa shape index (κ3) is 17.2. The lowest BCUT2D eigenvalue weighted by Gasteiger charge is -2.30. The van der Waals surface area contributed by atoms with E-state index in [4.69, 9.17) is 5.73 Å². The van der Waals surface area contributed by atoms with Crippen molar-refractivity contribution in [2.75, 3.05) is 31.1 Å². The third-order valence-electron chi connectivity index (χ3n) is 8.92. The van der Waals surface area contributed by atoms with E-state index in [0.29, 0.717) is 6.42 Å². The third-order valence-corrected chi connectivity index (χ3v) is 11.4. The topological polar surface area (TPSA) is 382 Å². The van der Waals surface area contributed by atoms with Gasteiger partial charge in [-0.2, -0.15) is 0 Å². The van der Waals surface area contributed by atoms with E-state index in [1.165, 1.54) is 4.90 Å². The summed E-state index contributed by atoms with van der Waals surface area (Å²) in [7, 11) is 1.88. The molecule has 0 bridgehead atoms. The molecule has 0 aliphatic carbocycles. The van der Waals surface area contributed by atoms with E-state index in [2.05, 4.69) is 37.2 Å². The zero-order valence-corrected chi connectivity index (χ0v) is 34.7. The Bertz CT molecular complexity index is 1640. The summed E-state index contributed by atoms with van der Waals surface area (Å²) in [6.07, 6.45) is -3.25. The zero-order valence-electron chi connectivity index (χ0n) is 33.1. The largest absolute Gasteiger partial charge is 0.481 e. The maximum atomic E-state index is 13.7. The average molecular weight is 892 g/mol. The maximum Gasteiger partial charge on any atom is 0.327 e. The first kappa shape index (κ1) is 50.9. The molecule has 8 amide bonds. The molecular weight excluding hydrogens is 839 g/mol. The summed E-state index contributed by atoms with van der Waals surface area (Å²) in [4.78, 5) is 142. The highest BCUT2D eigenvalue weighted by Crippen LogP contribution is 2.24. The average Bonchev–Trinajstić information content (AvgIpc) is 3.66. The Balaban J connectivity index is 2.42. The molecule has 0 aromatic rings. The van der Waals surface area contributed by atoms with Crippen LogP contribution in [0.25, 0.3) is 0 Å². The van der Waals surface area contributed by atoms with Crippen LogP contribution in [-0.2, 0) is 52.7 Å². The van der Waals surface area contributed by atoms with Gasteiger partial charge in [-0.15, -0.1) is 0 Å². The van der Waals surface area contributed by atoms with E-state index < -0.39 is 146 Å². The molecule has 336 valence electrons. The van der Waals surface area contributed by atoms with Crippen molar-refractivity contribution in [3.8, 4) is 0 Å². The van der Waals surface area contributed by atoms with E-state index in [9.17, 15) is 73.2 Å². The van der Waals surface area contributed by atoms with Crippen LogP contribution in [0, 0.1) is 5.92 Å². The molecule has 2 heterocycles. The summed E-state index contributed by atoms with van der Waals surface area (Å²) in [6.45, 7) is 3.29. The first-order chi connectivity index (χ1) is 28.1. The maximum absolute atomic E-state index is 13.7. The Morgan fingerprint density at radius 3 is 1.97 bits per heavy atom. The number of nitrogens with zero attached hydrogens (tertiary/aromatic N) is 1. The van der Waals surface area contributed by atoms with Gasteiger partial charge in [0.1, 0.15) is 36.3 Å². The molecular formula is C34H53N9O15S2. The molecule has 0 unspecified atom stereocenters. The monoisotopic (exact) mass is 891 g/mol. The van der Waals surface area contributed by atoms with Gasteiger partial charge in [-0.3, -0.25) is 47.9 Å². The number of fused-ring (bicyclic) bond motifs is 1. The van der Waals surface area contributed by atoms with Crippen molar-refractivity contribution in [1.29, 1.82) is 0 Å². The van der Waals surface area contributed by atoms with Crippen LogP contribution in [0.4, 0.5) is 0 Å². The van der Waals surface area contributed by atoms with E-state index in [-0.39, 0.29) is 36.8 Å². The number of amides is 8. The van der Waals surface area contributed by atoms with Crippen LogP contribution >= 0.6 is 21.6 Å². The molecule has 2 saturated heterocycles. The van der Waals surface area contributed by atoms with Crippen molar-refractivity contribution in [3.63, 3.8) is 0 Å². The SMILES string of the molecule is CC(C)C[C@@H]1NC(=O)CNC(=O)CNC(=O)[C@H](CC(=O)O)NC(=O)[C@H](CCC(=O)O)NC(=O)[C@H]([C@@H](C)O)NC(=O)[C@@H](N)CSSC[C@@H](C(=O)O)NC(=O)[C@@H]2CCCN2C1=O. The predicted molar refractivity (Wildman–Crippen MR) is 211 cm³/mol. The minimum atomic E-state index is -1.88. The van der Waals surface area contributed by atoms with E-state index in [0.717, 1.165) is 28.5 Å². The van der Waals surface area contributed by atoms with Gasteiger partial charge in [0, 0.05) is 24.5 Å². The number of nitrogens with two attached hydrogens (primary N) is 1. The van der Waals surface area contributed by atoms with Gasteiger partial charge in [0.15, 0.2) is 0 Å². The fourth-order valence-electron chi connectivity index (χ4n) is 5.85. The predicted octanol–water partition coefficient (Wildman–Crippen LogP) is -4.79. The Morgan fingerprint density at radius 2 is 1.37 bits per heavy atom. The summed E-state index contributed by atoms with van der Waals surface area (Å²) in [5.74, 6) is -12.6. The molecule has 0 saturated carbocycles. The van der Waals surface area contributed by atoms with Gasteiger partial charge in [-0.1, -0.05) is 35.4 Å². The van der Waals surface area contributed by atoms with Gasteiger partial charge < -0.3 is 68.3 Å². The lowest BCUT2D eigenvalue weighted by atomic mass is 10.0. The number of carboxylic acids is 3. The van der Waals surface area contributed by atoms with Crippen molar-refractivity contribution < 1.29 is 73.2 Å². The molecule has 24 nitrogen and oxygen atoms in total. The van der Waals surface area contributed by atoms with Crippen LogP contribution in [0.3, 0.4) is 0 Å². The van der Waals surface area contributed by atoms with Crippen LogP contribution in [0.15, 0.2) is 0 Å². The van der Waals surface area contributed by atoms with Crippen LogP contribution in [0.5, 0.6) is 0 Å². The lowest BCUT2D eigenvalue weighted by molar-refractivity contribution is -0.144. The minimum Gasteiger partial charge on any atom is -0.481 e. The number of rotatable bonds is 9. The van der Waals surface area contributed by atoms with Gasteiger partial charge in [0.2, 0.25) is 47.3 Å². The van der Waals surface area contributed by atoms with Crippen LogP contribution in [-0.4, -0.2) is 170 Å². The van der Waals surface area contributed by atoms with Crippen molar-refractivity contribution in [3.05, 3.63) is 0 Å². The molecule has 0 aromatic carbocycles. The van der Waals surface area contributed by atoms with Crippen molar-refractivity contribution in [1.82, 2.24) is 42.1 Å². The number of nitrogens with one attached hydrogen (secondary N) is 7. The van der Waals surface area contributed by atoms with E-state index >= 15 is 0 Å². The highest BCUT2D eigenvalue weighted by molar-refractivity contribution is 8.76. The van der Waals surface area contributed by atoms with Crippen molar-refractivity contribution in [2.45, 2.75) is 108 Å². The highest BCUT2D eigenvalue weighted by Gasteiger charge is 2.39. The molecule has 2 aliphatic rings. The number of aliphatic hydroxyl groups excluding tert-OH is 1. The number of carboxylic acid groups (broad SMARTS) is 3. The second-order valence-corrected chi connectivity index (χ2v) is 16.9. The van der Waals surface area contributed by atoms with Crippen LogP contribution in [0.1, 0.15) is 59.3 Å². The van der Waals surface area contributed by atoms with Gasteiger partial charge in [-0.25, -0.2) is 4.79 Å². The number of hydrogen-bond donors (Lipinski definition) is 12. The summed E-state index contributed by atoms with van der Waals surface area (Å²) in [6, 6.07) is -10.4. The van der Waals surface area contributed by atoms with Crippen LogP contribution < -0.4 is 43.0 Å². The smallest absolute Gasteiger partial charge is 0.327 e.